The lowest BCUT2D eigenvalue weighted by atomic mass is 10.2. The summed E-state index contributed by atoms with van der Waals surface area (Å²) in [5, 5.41) is 2.62. The number of carbonyl (C=O) groups excluding carboxylic acids is 1. The molecular formula is C23H30FN3O6S2. The van der Waals surface area contributed by atoms with Crippen molar-refractivity contribution in [2.75, 3.05) is 36.8 Å². The van der Waals surface area contributed by atoms with Crippen LogP contribution >= 0.6 is 0 Å². The second-order valence-electron chi connectivity index (χ2n) is 8.16. The maximum absolute atomic E-state index is 14.3. The van der Waals surface area contributed by atoms with Crippen LogP contribution in [0.3, 0.4) is 0 Å². The average molecular weight is 528 g/mol. The molecule has 0 aromatic heterocycles. The highest BCUT2D eigenvalue weighted by molar-refractivity contribution is 7.92. The smallest absolute Gasteiger partial charge is 0.244 e. The van der Waals surface area contributed by atoms with Crippen LogP contribution in [0.4, 0.5) is 10.1 Å². The van der Waals surface area contributed by atoms with Crippen LogP contribution in [0, 0.1) is 5.82 Å². The first-order chi connectivity index (χ1) is 16.6. The molecule has 1 N–H and O–H groups in total. The highest BCUT2D eigenvalue weighted by Crippen LogP contribution is 2.26. The summed E-state index contributed by atoms with van der Waals surface area (Å²) in [5.74, 6) is -0.907. The zero-order valence-corrected chi connectivity index (χ0v) is 21.3. The Labute approximate surface area is 206 Å². The first-order valence-electron chi connectivity index (χ1n) is 11.3. The van der Waals surface area contributed by atoms with Crippen molar-refractivity contribution in [2.45, 2.75) is 37.1 Å². The predicted molar refractivity (Wildman–Crippen MR) is 131 cm³/mol. The van der Waals surface area contributed by atoms with Crippen molar-refractivity contribution in [3.63, 3.8) is 0 Å². The second kappa shape index (κ2) is 11.4. The number of anilines is 1. The molecule has 192 valence electrons. The first-order valence-corrected chi connectivity index (χ1v) is 14.6. The molecule has 2 aromatic rings. The Morgan fingerprint density at radius 2 is 1.71 bits per heavy atom. The number of nitrogens with zero attached hydrogens (tertiary/aromatic N) is 2. The molecule has 0 saturated carbocycles. The summed E-state index contributed by atoms with van der Waals surface area (Å²) in [4.78, 5) is 13.0. The molecule has 1 aliphatic rings. The maximum atomic E-state index is 14.3. The number of amides is 1. The third-order valence-electron chi connectivity index (χ3n) is 5.62. The van der Waals surface area contributed by atoms with Gasteiger partial charge in [-0.15, -0.1) is 0 Å². The minimum Gasteiger partial charge on any atom is -0.492 e. The number of halogens is 1. The molecule has 2 aromatic carbocycles. The molecule has 0 bridgehead atoms. The van der Waals surface area contributed by atoms with Crippen molar-refractivity contribution in [2.24, 2.45) is 0 Å². The number of sulfonamides is 2. The lowest BCUT2D eigenvalue weighted by molar-refractivity contribution is -0.122. The van der Waals surface area contributed by atoms with E-state index in [2.05, 4.69) is 5.32 Å². The van der Waals surface area contributed by atoms with Gasteiger partial charge in [0.05, 0.1) is 23.4 Å². The highest BCUT2D eigenvalue weighted by atomic mass is 32.2. The molecule has 1 fully saturated rings. The summed E-state index contributed by atoms with van der Waals surface area (Å²) in [5.41, 5.74) is -0.197. The van der Waals surface area contributed by atoms with Crippen LogP contribution in [0.25, 0.3) is 0 Å². The van der Waals surface area contributed by atoms with E-state index < -0.39 is 37.8 Å². The number of rotatable bonds is 11. The Morgan fingerprint density at radius 3 is 2.29 bits per heavy atom. The van der Waals surface area contributed by atoms with Crippen LogP contribution < -0.4 is 14.4 Å². The van der Waals surface area contributed by atoms with Crippen LogP contribution in [-0.4, -0.2) is 65.6 Å². The summed E-state index contributed by atoms with van der Waals surface area (Å²) >= 11 is 0. The third-order valence-corrected chi connectivity index (χ3v) is 8.69. The van der Waals surface area contributed by atoms with Crippen molar-refractivity contribution in [1.29, 1.82) is 0 Å². The summed E-state index contributed by atoms with van der Waals surface area (Å²) in [6, 6.07) is 10.3. The predicted octanol–water partition coefficient (Wildman–Crippen LogP) is 2.35. The molecule has 35 heavy (non-hydrogen) atoms. The molecule has 1 saturated heterocycles. The highest BCUT2D eigenvalue weighted by Gasteiger charge is 2.33. The van der Waals surface area contributed by atoms with E-state index in [1.54, 1.807) is 19.1 Å². The Bertz CT molecular complexity index is 1230. The van der Waals surface area contributed by atoms with Gasteiger partial charge in [-0.05, 0) is 55.7 Å². The van der Waals surface area contributed by atoms with Crippen molar-refractivity contribution in [1.82, 2.24) is 9.62 Å². The Morgan fingerprint density at radius 1 is 1.09 bits per heavy atom. The summed E-state index contributed by atoms with van der Waals surface area (Å²) < 4.78 is 72.1. The standard InChI is InChI=1S/C23H30FN3O6S2/c1-3-21(27(34(2,29)30)22-9-5-4-8-20(22)24)23(28)25-14-17-33-18-10-12-19(13-11-18)35(31,32)26-15-6-7-16-26/h4-5,8-13,21H,3,6-7,14-17H2,1-2H3,(H,25,28). The molecule has 1 amide bonds. The van der Waals surface area contributed by atoms with Crippen molar-refractivity contribution >= 4 is 31.6 Å². The second-order valence-corrected chi connectivity index (χ2v) is 12.0. The molecule has 3 rings (SSSR count). The van der Waals surface area contributed by atoms with Gasteiger partial charge in [-0.2, -0.15) is 4.31 Å². The molecule has 0 aliphatic carbocycles. The van der Waals surface area contributed by atoms with Crippen LogP contribution in [-0.2, 0) is 24.8 Å². The monoisotopic (exact) mass is 527 g/mol. The fraction of sp³-hybridized carbons (Fsp3) is 0.435. The molecule has 1 heterocycles. The zero-order chi connectivity index (χ0) is 25.6. The van der Waals surface area contributed by atoms with Gasteiger partial charge in [0.25, 0.3) is 0 Å². The number of nitrogens with one attached hydrogen (secondary N) is 1. The number of carbonyl (C=O) groups is 1. The SMILES string of the molecule is CCC(C(=O)NCCOc1ccc(S(=O)(=O)N2CCCC2)cc1)N(c1ccccc1F)S(C)(=O)=O. The first kappa shape index (κ1) is 26.9. The number of hydrogen-bond donors (Lipinski definition) is 1. The van der Waals surface area contributed by atoms with Crippen LogP contribution in [0.15, 0.2) is 53.4 Å². The topological polar surface area (TPSA) is 113 Å². The number of benzene rings is 2. The van der Waals surface area contributed by atoms with Crippen LogP contribution in [0.1, 0.15) is 26.2 Å². The van der Waals surface area contributed by atoms with Crippen molar-refractivity contribution in [3.05, 3.63) is 54.3 Å². The van der Waals surface area contributed by atoms with Gasteiger partial charge >= 0.3 is 0 Å². The van der Waals surface area contributed by atoms with E-state index in [4.69, 9.17) is 4.74 Å². The van der Waals surface area contributed by atoms with Crippen molar-refractivity contribution < 1.29 is 30.8 Å². The quantitative estimate of drug-likeness (QED) is 0.449. The summed E-state index contributed by atoms with van der Waals surface area (Å²) in [6.07, 6.45) is 2.76. The van der Waals surface area contributed by atoms with Crippen molar-refractivity contribution in [3.8, 4) is 5.75 Å². The molecule has 0 spiro atoms. The van der Waals surface area contributed by atoms with Gasteiger partial charge in [0, 0.05) is 13.1 Å². The van der Waals surface area contributed by atoms with E-state index in [0.717, 1.165) is 29.5 Å². The van der Waals surface area contributed by atoms with E-state index in [0.29, 0.717) is 18.8 Å². The summed E-state index contributed by atoms with van der Waals surface area (Å²) in [7, 11) is -7.45. The van der Waals surface area contributed by atoms with Gasteiger partial charge in [-0.1, -0.05) is 19.1 Å². The van der Waals surface area contributed by atoms with E-state index in [1.165, 1.54) is 34.6 Å². The lowest BCUT2D eigenvalue weighted by Gasteiger charge is -2.30. The molecular weight excluding hydrogens is 497 g/mol. The van der Waals surface area contributed by atoms with Gasteiger partial charge in [-0.3, -0.25) is 9.10 Å². The lowest BCUT2D eigenvalue weighted by Crippen LogP contribution is -2.50. The van der Waals surface area contributed by atoms with E-state index in [9.17, 15) is 26.0 Å². The van der Waals surface area contributed by atoms with Gasteiger partial charge in [0.15, 0.2) is 0 Å². The minimum absolute atomic E-state index is 0.0675. The van der Waals surface area contributed by atoms with E-state index in [1.807, 2.05) is 0 Å². The van der Waals surface area contributed by atoms with Gasteiger partial charge in [-0.25, -0.2) is 21.2 Å². The Balaban J connectivity index is 1.58. The minimum atomic E-state index is -3.94. The fourth-order valence-corrected chi connectivity index (χ4v) is 6.64. The van der Waals surface area contributed by atoms with Crippen LogP contribution in [0.5, 0.6) is 5.75 Å². The molecule has 0 radical (unpaired) electrons. The molecule has 1 unspecified atom stereocenters. The fourth-order valence-electron chi connectivity index (χ4n) is 3.91. The summed E-state index contributed by atoms with van der Waals surface area (Å²) in [6.45, 7) is 2.81. The van der Waals surface area contributed by atoms with Gasteiger partial charge < -0.3 is 10.1 Å². The molecule has 12 heteroatoms. The number of ether oxygens (including phenoxy) is 1. The zero-order valence-electron chi connectivity index (χ0n) is 19.7. The Kier molecular flexibility index (Phi) is 8.73. The normalized spacial score (nSPS) is 15.5. The molecule has 1 atom stereocenters. The van der Waals surface area contributed by atoms with E-state index in [-0.39, 0.29) is 30.2 Å². The van der Waals surface area contributed by atoms with Gasteiger partial charge in [0.1, 0.15) is 24.2 Å². The largest absolute Gasteiger partial charge is 0.492 e. The average Bonchev–Trinajstić information content (AvgIpc) is 3.36. The Hall–Kier alpha value is -2.70. The number of para-hydroxylation sites is 1. The maximum Gasteiger partial charge on any atom is 0.244 e. The molecule has 9 nitrogen and oxygen atoms in total. The van der Waals surface area contributed by atoms with E-state index >= 15 is 0 Å². The van der Waals surface area contributed by atoms with Gasteiger partial charge in [0.2, 0.25) is 26.0 Å². The molecule has 1 aliphatic heterocycles. The van der Waals surface area contributed by atoms with Crippen LogP contribution in [0.2, 0.25) is 0 Å². The number of hydrogen-bond acceptors (Lipinski definition) is 6. The third kappa shape index (κ3) is 6.50.